The Morgan fingerprint density at radius 3 is 2.68 bits per heavy atom. The molecule has 0 unspecified atom stereocenters. The minimum Gasteiger partial charge on any atom is -0.339 e. The molecular weight excluding hydrogens is 380 g/mol. The van der Waals surface area contributed by atoms with Crippen molar-refractivity contribution in [1.82, 2.24) is 14.3 Å². The molecule has 0 amide bonds. The van der Waals surface area contributed by atoms with Crippen LogP contribution in [-0.4, -0.2) is 14.3 Å². The van der Waals surface area contributed by atoms with Gasteiger partial charge in [-0.3, -0.25) is 4.79 Å². The average molecular weight is 393 g/mol. The smallest absolute Gasteiger partial charge is 0.296 e. The van der Waals surface area contributed by atoms with Gasteiger partial charge in [0.1, 0.15) is 5.52 Å². The number of hydrogen-bond donors (Lipinski definition) is 0. The van der Waals surface area contributed by atoms with Crippen LogP contribution in [-0.2, 0) is 13.5 Å². The van der Waals surface area contributed by atoms with Crippen LogP contribution in [0, 0.1) is 11.3 Å². The quantitative estimate of drug-likeness (QED) is 0.522. The normalized spacial score (nSPS) is 11.1. The van der Waals surface area contributed by atoms with Gasteiger partial charge in [-0.1, -0.05) is 24.3 Å². The molecule has 6 heteroatoms. The molecule has 0 aliphatic heterocycles. The molecule has 0 saturated heterocycles. The zero-order valence-corrected chi connectivity index (χ0v) is 15.0. The largest absolute Gasteiger partial charge is 0.339 e. The van der Waals surface area contributed by atoms with Crippen LogP contribution in [0.3, 0.4) is 0 Å². The first-order valence-electron chi connectivity index (χ1n) is 7.73. The van der Waals surface area contributed by atoms with E-state index in [2.05, 4.69) is 27.1 Å². The molecule has 0 radical (unpaired) electrons. The standard InChI is InChI=1S/C19H13BrN4O/c1-23-15-8-7-12(9-10-21)17(20)16(15)14-11-22-24(19(25)18(14)23)13-5-3-2-4-6-13/h2-8,11H,9H2,1H3. The fourth-order valence-corrected chi connectivity index (χ4v) is 3.88. The van der Waals surface area contributed by atoms with Crippen molar-refractivity contribution in [1.29, 1.82) is 5.26 Å². The zero-order valence-electron chi connectivity index (χ0n) is 13.4. The highest BCUT2D eigenvalue weighted by Gasteiger charge is 2.18. The summed E-state index contributed by atoms with van der Waals surface area (Å²) in [6, 6.07) is 15.4. The molecular formula is C19H13BrN4O. The second kappa shape index (κ2) is 5.87. The van der Waals surface area contributed by atoms with Crippen LogP contribution in [0.5, 0.6) is 0 Å². The van der Waals surface area contributed by atoms with Gasteiger partial charge in [0.05, 0.1) is 29.9 Å². The molecule has 4 rings (SSSR count). The van der Waals surface area contributed by atoms with Crippen molar-refractivity contribution in [3.63, 3.8) is 0 Å². The molecule has 2 heterocycles. The molecule has 0 atom stereocenters. The van der Waals surface area contributed by atoms with Crippen LogP contribution in [0.4, 0.5) is 0 Å². The maximum atomic E-state index is 13.1. The van der Waals surface area contributed by atoms with E-state index >= 15 is 0 Å². The zero-order chi connectivity index (χ0) is 17.6. The van der Waals surface area contributed by atoms with Crippen molar-refractivity contribution >= 4 is 37.7 Å². The number of aryl methyl sites for hydroxylation is 1. The van der Waals surface area contributed by atoms with Crippen LogP contribution in [0.1, 0.15) is 5.56 Å². The monoisotopic (exact) mass is 392 g/mol. The van der Waals surface area contributed by atoms with Gasteiger partial charge in [0.2, 0.25) is 0 Å². The molecule has 2 aromatic carbocycles. The first-order chi connectivity index (χ1) is 12.1. The fourth-order valence-electron chi connectivity index (χ4n) is 3.19. The van der Waals surface area contributed by atoms with E-state index in [1.807, 2.05) is 54.1 Å². The van der Waals surface area contributed by atoms with E-state index in [1.165, 1.54) is 4.68 Å². The molecule has 0 N–H and O–H groups in total. The second-order valence-electron chi connectivity index (χ2n) is 5.79. The SMILES string of the molecule is Cn1c2ccc(CC#N)c(Br)c2c2cnn(-c3ccccc3)c(=O)c21. The number of nitriles is 1. The van der Waals surface area contributed by atoms with Gasteiger partial charge in [0.15, 0.2) is 0 Å². The number of benzene rings is 2. The van der Waals surface area contributed by atoms with Crippen LogP contribution >= 0.6 is 15.9 Å². The Morgan fingerprint density at radius 2 is 1.96 bits per heavy atom. The van der Waals surface area contributed by atoms with E-state index in [1.54, 1.807) is 6.20 Å². The van der Waals surface area contributed by atoms with Gasteiger partial charge in [0.25, 0.3) is 5.56 Å². The van der Waals surface area contributed by atoms with Gasteiger partial charge >= 0.3 is 0 Å². The number of aromatic nitrogens is 3. The van der Waals surface area contributed by atoms with E-state index in [0.717, 1.165) is 32.0 Å². The number of rotatable bonds is 2. The highest BCUT2D eigenvalue weighted by molar-refractivity contribution is 9.10. The highest BCUT2D eigenvalue weighted by Crippen LogP contribution is 2.34. The Hall–Kier alpha value is -2.91. The van der Waals surface area contributed by atoms with Crippen LogP contribution in [0.25, 0.3) is 27.5 Å². The summed E-state index contributed by atoms with van der Waals surface area (Å²) in [4.78, 5) is 13.1. The van der Waals surface area contributed by atoms with Gasteiger partial charge in [-0.15, -0.1) is 0 Å². The maximum absolute atomic E-state index is 13.1. The van der Waals surface area contributed by atoms with Gasteiger partial charge in [-0.25, -0.2) is 0 Å². The lowest BCUT2D eigenvalue weighted by atomic mass is 10.1. The molecule has 122 valence electrons. The molecule has 2 aromatic heterocycles. The third kappa shape index (κ3) is 2.28. The Balaban J connectivity index is 2.11. The van der Waals surface area contributed by atoms with Crippen LogP contribution in [0.15, 0.2) is 57.9 Å². The summed E-state index contributed by atoms with van der Waals surface area (Å²) in [5, 5.41) is 15.1. The summed E-state index contributed by atoms with van der Waals surface area (Å²) in [6.45, 7) is 0. The van der Waals surface area contributed by atoms with Crippen LogP contribution in [0.2, 0.25) is 0 Å². The first-order valence-corrected chi connectivity index (χ1v) is 8.53. The van der Waals surface area contributed by atoms with Gasteiger partial charge < -0.3 is 4.57 Å². The number of nitrogens with zero attached hydrogens (tertiary/aromatic N) is 4. The van der Waals surface area contributed by atoms with Crippen molar-refractivity contribution in [2.45, 2.75) is 6.42 Å². The fraction of sp³-hybridized carbons (Fsp3) is 0.105. The lowest BCUT2D eigenvalue weighted by molar-refractivity contribution is 0.811. The van der Waals surface area contributed by atoms with Crippen LogP contribution < -0.4 is 5.56 Å². The lowest BCUT2D eigenvalue weighted by Crippen LogP contribution is -2.22. The molecule has 0 spiro atoms. The maximum Gasteiger partial charge on any atom is 0.296 e. The summed E-state index contributed by atoms with van der Waals surface area (Å²) >= 11 is 3.60. The number of fused-ring (bicyclic) bond motifs is 3. The summed E-state index contributed by atoms with van der Waals surface area (Å²) in [5.41, 5.74) is 2.96. The minimum absolute atomic E-state index is 0.170. The molecule has 25 heavy (non-hydrogen) atoms. The Labute approximate surface area is 151 Å². The predicted molar refractivity (Wildman–Crippen MR) is 101 cm³/mol. The van der Waals surface area contributed by atoms with E-state index < -0.39 is 0 Å². The molecule has 5 nitrogen and oxygen atoms in total. The summed E-state index contributed by atoms with van der Waals surface area (Å²) in [6.07, 6.45) is 2.02. The Kier molecular flexibility index (Phi) is 3.66. The Bertz CT molecular complexity index is 1220. The van der Waals surface area contributed by atoms with Crippen molar-refractivity contribution < 1.29 is 0 Å². The number of para-hydroxylation sites is 1. The van der Waals surface area contributed by atoms with Crippen molar-refractivity contribution in [3.8, 4) is 11.8 Å². The summed E-state index contributed by atoms with van der Waals surface area (Å²) in [7, 11) is 1.87. The summed E-state index contributed by atoms with van der Waals surface area (Å²) < 4.78 is 4.14. The second-order valence-corrected chi connectivity index (χ2v) is 6.58. The van der Waals surface area contributed by atoms with E-state index in [-0.39, 0.29) is 5.56 Å². The van der Waals surface area contributed by atoms with Crippen molar-refractivity contribution in [2.24, 2.45) is 7.05 Å². The van der Waals surface area contributed by atoms with Crippen molar-refractivity contribution in [2.75, 3.05) is 0 Å². The Morgan fingerprint density at radius 1 is 1.20 bits per heavy atom. The highest BCUT2D eigenvalue weighted by atomic mass is 79.9. The summed E-state index contributed by atoms with van der Waals surface area (Å²) in [5.74, 6) is 0. The van der Waals surface area contributed by atoms with Gasteiger partial charge in [0, 0.05) is 22.3 Å². The average Bonchev–Trinajstić information content (AvgIpc) is 2.92. The third-order valence-corrected chi connectivity index (χ3v) is 5.29. The molecule has 0 aliphatic rings. The molecule has 0 bridgehead atoms. The minimum atomic E-state index is -0.170. The number of halogens is 1. The third-order valence-electron chi connectivity index (χ3n) is 4.39. The topological polar surface area (TPSA) is 63.6 Å². The predicted octanol–water partition coefficient (Wildman–Crippen LogP) is 3.71. The molecule has 4 aromatic rings. The van der Waals surface area contributed by atoms with Gasteiger partial charge in [-0.05, 0) is 39.7 Å². The molecule has 0 fully saturated rings. The molecule has 0 aliphatic carbocycles. The van der Waals surface area contributed by atoms with Crippen molar-refractivity contribution in [3.05, 3.63) is 69.1 Å². The van der Waals surface area contributed by atoms with E-state index in [9.17, 15) is 4.79 Å². The van der Waals surface area contributed by atoms with E-state index in [4.69, 9.17) is 5.26 Å². The van der Waals surface area contributed by atoms with E-state index in [0.29, 0.717) is 11.9 Å². The molecule has 0 saturated carbocycles. The first kappa shape index (κ1) is 15.6. The number of hydrogen-bond acceptors (Lipinski definition) is 3. The lowest BCUT2D eigenvalue weighted by Gasteiger charge is -2.04. The van der Waals surface area contributed by atoms with Gasteiger partial charge in [-0.2, -0.15) is 15.0 Å².